The maximum atomic E-state index is 11.3. The van der Waals surface area contributed by atoms with Gasteiger partial charge in [-0.15, -0.1) is 11.3 Å². The van der Waals surface area contributed by atoms with Gasteiger partial charge in [0, 0.05) is 23.3 Å². The molecule has 0 aromatic carbocycles. The number of halogens is 1. The van der Waals surface area contributed by atoms with E-state index in [1.807, 2.05) is 0 Å². The zero-order valence-electron chi connectivity index (χ0n) is 7.44. The van der Waals surface area contributed by atoms with Crippen molar-refractivity contribution >= 4 is 22.9 Å². The molecule has 0 bridgehead atoms. The Balaban J connectivity index is 2.32. The lowest BCUT2D eigenvalue weighted by Crippen LogP contribution is -2.28. The van der Waals surface area contributed by atoms with E-state index in [-0.39, 0.29) is 0 Å². The highest BCUT2D eigenvalue weighted by Crippen LogP contribution is 2.17. The first-order chi connectivity index (χ1) is 7.15. The molecule has 0 unspecified atom stereocenters. The second-order valence-electron chi connectivity index (χ2n) is 2.82. The van der Waals surface area contributed by atoms with Gasteiger partial charge in [0.25, 0.3) is 5.56 Å². The number of hydrogen-bond acceptors (Lipinski definition) is 4. The van der Waals surface area contributed by atoms with Crippen molar-refractivity contribution in [2.45, 2.75) is 6.54 Å². The Labute approximate surface area is 93.0 Å². The maximum absolute atomic E-state index is 11.3. The molecule has 0 radical (unpaired) electrons. The minimum absolute atomic E-state index is 0.361. The fourth-order valence-electron chi connectivity index (χ4n) is 1.09. The summed E-state index contributed by atoms with van der Waals surface area (Å²) < 4.78 is 1.81. The number of thiazole rings is 1. The molecule has 0 amide bonds. The van der Waals surface area contributed by atoms with Gasteiger partial charge in [-0.1, -0.05) is 11.6 Å². The van der Waals surface area contributed by atoms with Crippen molar-refractivity contribution in [3.63, 3.8) is 0 Å². The molecular weight excluding hydrogens is 238 g/mol. The van der Waals surface area contributed by atoms with Gasteiger partial charge >= 0.3 is 5.69 Å². The molecule has 2 rings (SSSR count). The van der Waals surface area contributed by atoms with Crippen molar-refractivity contribution < 1.29 is 0 Å². The molecule has 78 valence electrons. The number of rotatable bonds is 2. The normalized spacial score (nSPS) is 10.5. The predicted octanol–water partition coefficient (Wildman–Crippen LogP) is 0.695. The van der Waals surface area contributed by atoms with Gasteiger partial charge in [0.1, 0.15) is 0 Å². The number of nitrogens with zero attached hydrogens (tertiary/aromatic N) is 2. The van der Waals surface area contributed by atoms with Gasteiger partial charge in [0.05, 0.1) is 6.54 Å². The molecule has 0 saturated heterocycles. The summed E-state index contributed by atoms with van der Waals surface area (Å²) in [6.07, 6.45) is 3.04. The van der Waals surface area contributed by atoms with Gasteiger partial charge in [-0.05, 0) is 0 Å². The van der Waals surface area contributed by atoms with Crippen LogP contribution in [0.1, 0.15) is 4.88 Å². The molecule has 0 aliphatic heterocycles. The van der Waals surface area contributed by atoms with Crippen LogP contribution in [0.5, 0.6) is 0 Å². The summed E-state index contributed by atoms with van der Waals surface area (Å²) in [7, 11) is 0. The lowest BCUT2D eigenvalue weighted by Gasteiger charge is -2.00. The molecular formula is C8H6ClN3O2S. The molecule has 0 fully saturated rings. The Kier molecular flexibility index (Phi) is 2.70. The number of nitrogens with one attached hydrogen (secondary N) is 1. The van der Waals surface area contributed by atoms with Gasteiger partial charge in [0.2, 0.25) is 0 Å². The lowest BCUT2D eigenvalue weighted by molar-refractivity contribution is 0.727. The molecule has 2 heterocycles. The summed E-state index contributed by atoms with van der Waals surface area (Å²) in [5, 5.41) is 0. The highest BCUT2D eigenvalue weighted by Gasteiger charge is 2.02. The molecule has 0 aliphatic carbocycles. The summed E-state index contributed by atoms with van der Waals surface area (Å²) >= 11 is 6.95. The fraction of sp³-hybridized carbons (Fsp3) is 0.125. The maximum Gasteiger partial charge on any atom is 0.328 e. The van der Waals surface area contributed by atoms with Gasteiger partial charge in [-0.25, -0.2) is 9.78 Å². The van der Waals surface area contributed by atoms with Crippen LogP contribution in [-0.2, 0) is 6.54 Å². The minimum Gasteiger partial charge on any atom is -0.295 e. The van der Waals surface area contributed by atoms with Crippen LogP contribution in [0, 0.1) is 0 Å². The molecule has 2 aromatic heterocycles. The summed E-state index contributed by atoms with van der Waals surface area (Å²) in [4.78, 5) is 29.0. The van der Waals surface area contributed by atoms with Crippen molar-refractivity contribution in [1.82, 2.24) is 14.5 Å². The van der Waals surface area contributed by atoms with Crippen LogP contribution >= 0.6 is 22.9 Å². The first kappa shape index (κ1) is 10.1. The Morgan fingerprint density at radius 1 is 1.53 bits per heavy atom. The standard InChI is InChI=1S/C8H6ClN3O2S/c9-7-10-3-5(15-7)4-12-2-1-6(13)11-8(12)14/h1-3H,4H2,(H,11,13,14). The molecule has 0 aliphatic rings. The van der Waals surface area contributed by atoms with Crippen molar-refractivity contribution in [2.75, 3.05) is 0 Å². The minimum atomic E-state index is -0.438. The van der Waals surface area contributed by atoms with E-state index in [4.69, 9.17) is 11.6 Å². The average molecular weight is 244 g/mol. The average Bonchev–Trinajstić information content (AvgIpc) is 2.56. The van der Waals surface area contributed by atoms with Crippen LogP contribution in [0.3, 0.4) is 0 Å². The quantitative estimate of drug-likeness (QED) is 0.844. The lowest BCUT2D eigenvalue weighted by atomic mass is 10.5. The highest BCUT2D eigenvalue weighted by molar-refractivity contribution is 7.15. The van der Waals surface area contributed by atoms with Gasteiger partial charge in [-0.2, -0.15) is 0 Å². The predicted molar refractivity (Wildman–Crippen MR) is 57.5 cm³/mol. The van der Waals surface area contributed by atoms with Crippen molar-refractivity contribution in [2.24, 2.45) is 0 Å². The first-order valence-electron chi connectivity index (χ1n) is 4.05. The summed E-state index contributed by atoms with van der Waals surface area (Å²) in [5.41, 5.74) is -0.842. The van der Waals surface area contributed by atoms with E-state index in [1.54, 1.807) is 6.20 Å². The van der Waals surface area contributed by atoms with Crippen LogP contribution in [0.2, 0.25) is 4.47 Å². The third-order valence-corrected chi connectivity index (χ3v) is 2.85. The number of hydrogen-bond donors (Lipinski definition) is 1. The van der Waals surface area contributed by atoms with E-state index in [2.05, 4.69) is 9.97 Å². The van der Waals surface area contributed by atoms with Crippen LogP contribution < -0.4 is 11.2 Å². The Morgan fingerprint density at radius 3 is 2.93 bits per heavy atom. The summed E-state index contributed by atoms with van der Waals surface area (Å²) in [5.74, 6) is 0. The molecule has 1 N–H and O–H groups in total. The third kappa shape index (κ3) is 2.34. The SMILES string of the molecule is O=c1ccn(Cc2cnc(Cl)s2)c(=O)[nH]1. The summed E-state index contributed by atoms with van der Waals surface area (Å²) in [6, 6.07) is 1.30. The largest absolute Gasteiger partial charge is 0.328 e. The van der Waals surface area contributed by atoms with Crippen LogP contribution in [0.15, 0.2) is 28.0 Å². The first-order valence-corrected chi connectivity index (χ1v) is 5.24. The van der Waals surface area contributed by atoms with E-state index in [0.717, 1.165) is 4.88 Å². The molecule has 0 spiro atoms. The van der Waals surface area contributed by atoms with Gasteiger partial charge in [0.15, 0.2) is 4.47 Å². The van der Waals surface area contributed by atoms with E-state index >= 15 is 0 Å². The molecule has 2 aromatic rings. The Bertz CT molecular complexity index is 586. The van der Waals surface area contributed by atoms with Crippen molar-refractivity contribution in [1.29, 1.82) is 0 Å². The molecule has 7 heteroatoms. The smallest absolute Gasteiger partial charge is 0.295 e. The van der Waals surface area contributed by atoms with E-state index < -0.39 is 11.2 Å². The number of H-pyrrole nitrogens is 1. The van der Waals surface area contributed by atoms with E-state index in [9.17, 15) is 9.59 Å². The highest BCUT2D eigenvalue weighted by atomic mass is 35.5. The summed E-state index contributed by atoms with van der Waals surface area (Å²) in [6.45, 7) is 0.361. The zero-order valence-corrected chi connectivity index (χ0v) is 9.01. The van der Waals surface area contributed by atoms with E-state index in [1.165, 1.54) is 28.2 Å². The third-order valence-electron chi connectivity index (χ3n) is 1.75. The molecule has 0 saturated carbocycles. The van der Waals surface area contributed by atoms with Crippen molar-refractivity contribution in [3.05, 3.63) is 48.6 Å². The molecule has 15 heavy (non-hydrogen) atoms. The van der Waals surface area contributed by atoms with Crippen LogP contribution in [0.25, 0.3) is 0 Å². The molecule has 5 nitrogen and oxygen atoms in total. The van der Waals surface area contributed by atoms with Crippen molar-refractivity contribution in [3.8, 4) is 0 Å². The van der Waals surface area contributed by atoms with Gasteiger partial charge < -0.3 is 0 Å². The zero-order chi connectivity index (χ0) is 10.8. The second-order valence-corrected chi connectivity index (χ2v) is 4.51. The second kappa shape index (κ2) is 4.00. The topological polar surface area (TPSA) is 67.8 Å². The van der Waals surface area contributed by atoms with Crippen LogP contribution in [-0.4, -0.2) is 14.5 Å². The number of aromatic nitrogens is 3. The fourth-order valence-corrected chi connectivity index (χ4v) is 2.07. The molecule has 0 atom stereocenters. The van der Waals surface area contributed by atoms with Gasteiger partial charge in [-0.3, -0.25) is 14.3 Å². The Morgan fingerprint density at radius 2 is 2.33 bits per heavy atom. The number of aromatic amines is 1. The monoisotopic (exact) mass is 243 g/mol. The van der Waals surface area contributed by atoms with Crippen LogP contribution in [0.4, 0.5) is 0 Å². The Hall–Kier alpha value is -1.40. The van der Waals surface area contributed by atoms with E-state index in [0.29, 0.717) is 11.0 Å².